The molecule has 4 heteroatoms. The number of benzene rings is 1. The first-order chi connectivity index (χ1) is 9.63. The van der Waals surface area contributed by atoms with E-state index in [0.717, 1.165) is 37.7 Å². The second kappa shape index (κ2) is 5.46. The molecule has 2 aromatic heterocycles. The number of pyridine rings is 1. The molecule has 0 N–H and O–H groups in total. The van der Waals surface area contributed by atoms with Crippen molar-refractivity contribution in [3.63, 3.8) is 0 Å². The van der Waals surface area contributed by atoms with Crippen molar-refractivity contribution in [2.45, 2.75) is 13.8 Å². The van der Waals surface area contributed by atoms with Crippen LogP contribution in [0.2, 0.25) is 0 Å². The third-order valence-corrected chi connectivity index (χ3v) is 4.57. The van der Waals surface area contributed by atoms with Crippen LogP contribution in [-0.4, -0.2) is 9.97 Å². The number of hydrogen-bond donors (Lipinski definition) is 0. The molecule has 0 amide bonds. The average Bonchev–Trinajstić information content (AvgIpc) is 2.87. The predicted molar refractivity (Wildman–Crippen MR) is 88.0 cm³/mol. The Morgan fingerprint density at radius 3 is 2.40 bits per heavy atom. The fourth-order valence-corrected chi connectivity index (χ4v) is 3.45. The van der Waals surface area contributed by atoms with Crippen molar-refractivity contribution >= 4 is 27.3 Å². The van der Waals surface area contributed by atoms with E-state index in [1.165, 1.54) is 0 Å². The maximum atomic E-state index is 4.75. The van der Waals surface area contributed by atoms with E-state index >= 15 is 0 Å². The highest BCUT2D eigenvalue weighted by atomic mass is 79.9. The second-order valence-corrected chi connectivity index (χ2v) is 6.37. The predicted octanol–water partition coefficient (Wildman–Crippen LogP) is 5.25. The minimum absolute atomic E-state index is 1.00. The van der Waals surface area contributed by atoms with Gasteiger partial charge < -0.3 is 0 Å². The Bertz CT molecular complexity index is 744. The lowest BCUT2D eigenvalue weighted by molar-refractivity contribution is 1.12. The Kier molecular flexibility index (Phi) is 3.68. The number of nitrogens with zero attached hydrogens (tertiary/aromatic N) is 2. The normalized spacial score (nSPS) is 10.8. The monoisotopic (exact) mass is 344 g/mol. The quantitative estimate of drug-likeness (QED) is 0.634. The molecule has 0 aliphatic heterocycles. The standard InChI is InChI=1S/C16H13BrN2S/c1-10-7-12(8-11(2)18-10)16-19-15(9-20-16)13-5-3-4-6-14(13)17/h3-9H,1-2H3. The summed E-state index contributed by atoms with van der Waals surface area (Å²) in [6, 6.07) is 12.3. The van der Waals surface area contributed by atoms with E-state index in [4.69, 9.17) is 4.98 Å². The molecule has 20 heavy (non-hydrogen) atoms. The van der Waals surface area contributed by atoms with Crippen molar-refractivity contribution in [3.05, 3.63) is 57.6 Å². The summed E-state index contributed by atoms with van der Waals surface area (Å²) in [5.41, 5.74) is 5.32. The van der Waals surface area contributed by atoms with Crippen molar-refractivity contribution < 1.29 is 0 Å². The fourth-order valence-electron chi connectivity index (χ4n) is 2.16. The highest BCUT2D eigenvalue weighted by molar-refractivity contribution is 9.10. The van der Waals surface area contributed by atoms with Crippen LogP contribution in [0.1, 0.15) is 11.4 Å². The Morgan fingerprint density at radius 1 is 1.00 bits per heavy atom. The highest BCUT2D eigenvalue weighted by Gasteiger charge is 2.09. The van der Waals surface area contributed by atoms with Crippen LogP contribution in [0.25, 0.3) is 21.8 Å². The zero-order valence-electron chi connectivity index (χ0n) is 11.2. The van der Waals surface area contributed by atoms with Gasteiger partial charge in [0.2, 0.25) is 0 Å². The van der Waals surface area contributed by atoms with E-state index in [9.17, 15) is 0 Å². The van der Waals surface area contributed by atoms with Gasteiger partial charge in [-0.1, -0.05) is 34.1 Å². The third kappa shape index (κ3) is 2.67. The van der Waals surface area contributed by atoms with Gasteiger partial charge in [-0.05, 0) is 32.0 Å². The Hall–Kier alpha value is -1.52. The van der Waals surface area contributed by atoms with Gasteiger partial charge in [0.05, 0.1) is 5.69 Å². The number of aromatic nitrogens is 2. The molecule has 0 spiro atoms. The van der Waals surface area contributed by atoms with Gasteiger partial charge in [0, 0.05) is 32.4 Å². The molecule has 0 saturated heterocycles. The zero-order chi connectivity index (χ0) is 14.1. The molecule has 3 rings (SSSR count). The molecule has 0 bridgehead atoms. The van der Waals surface area contributed by atoms with E-state index in [0.29, 0.717) is 0 Å². The van der Waals surface area contributed by atoms with E-state index in [-0.39, 0.29) is 0 Å². The van der Waals surface area contributed by atoms with Gasteiger partial charge in [-0.25, -0.2) is 4.98 Å². The molecule has 3 aromatic rings. The maximum Gasteiger partial charge on any atom is 0.124 e. The SMILES string of the molecule is Cc1cc(-c2nc(-c3ccccc3Br)cs2)cc(C)n1. The van der Waals surface area contributed by atoms with Gasteiger partial charge in [-0.15, -0.1) is 11.3 Å². The van der Waals surface area contributed by atoms with Crippen LogP contribution in [0.5, 0.6) is 0 Å². The molecule has 0 radical (unpaired) electrons. The molecule has 0 aliphatic carbocycles. The van der Waals surface area contributed by atoms with Gasteiger partial charge >= 0.3 is 0 Å². The number of aryl methyl sites for hydroxylation is 2. The molecular weight excluding hydrogens is 332 g/mol. The summed E-state index contributed by atoms with van der Waals surface area (Å²) in [6.45, 7) is 4.03. The average molecular weight is 345 g/mol. The molecule has 2 heterocycles. The van der Waals surface area contributed by atoms with Gasteiger partial charge in [0.1, 0.15) is 5.01 Å². The van der Waals surface area contributed by atoms with E-state index < -0.39 is 0 Å². The first-order valence-electron chi connectivity index (χ1n) is 6.29. The Morgan fingerprint density at radius 2 is 1.70 bits per heavy atom. The fraction of sp³-hybridized carbons (Fsp3) is 0.125. The second-order valence-electron chi connectivity index (χ2n) is 4.66. The van der Waals surface area contributed by atoms with Gasteiger partial charge in [-0.3, -0.25) is 4.98 Å². The van der Waals surface area contributed by atoms with E-state index in [1.54, 1.807) is 11.3 Å². The highest BCUT2D eigenvalue weighted by Crippen LogP contribution is 2.32. The van der Waals surface area contributed by atoms with E-state index in [1.807, 2.05) is 32.0 Å². The van der Waals surface area contributed by atoms with Crippen LogP contribution in [0.15, 0.2) is 46.3 Å². The Balaban J connectivity index is 2.04. The minimum Gasteiger partial charge on any atom is -0.258 e. The van der Waals surface area contributed by atoms with Gasteiger partial charge in [0.25, 0.3) is 0 Å². The molecule has 0 unspecified atom stereocenters. The van der Waals surface area contributed by atoms with Crippen molar-refractivity contribution in [1.29, 1.82) is 0 Å². The lowest BCUT2D eigenvalue weighted by atomic mass is 10.2. The zero-order valence-corrected chi connectivity index (χ0v) is 13.6. The number of rotatable bonds is 2. The summed E-state index contributed by atoms with van der Waals surface area (Å²) in [5, 5.41) is 3.13. The van der Waals surface area contributed by atoms with E-state index in [2.05, 4.69) is 44.5 Å². The van der Waals surface area contributed by atoms with Crippen LogP contribution in [-0.2, 0) is 0 Å². The molecule has 1 aromatic carbocycles. The molecule has 2 nitrogen and oxygen atoms in total. The first-order valence-corrected chi connectivity index (χ1v) is 7.97. The van der Waals surface area contributed by atoms with Gasteiger partial charge in [0.15, 0.2) is 0 Å². The molecule has 0 atom stereocenters. The number of hydrogen-bond acceptors (Lipinski definition) is 3. The van der Waals surface area contributed by atoms with Crippen LogP contribution in [0, 0.1) is 13.8 Å². The van der Waals surface area contributed by atoms with Crippen LogP contribution in [0.3, 0.4) is 0 Å². The summed E-state index contributed by atoms with van der Waals surface area (Å²) in [4.78, 5) is 9.16. The van der Waals surface area contributed by atoms with Crippen LogP contribution >= 0.6 is 27.3 Å². The number of halogens is 1. The third-order valence-electron chi connectivity index (χ3n) is 2.98. The molecule has 0 fully saturated rings. The number of thiazole rings is 1. The molecule has 100 valence electrons. The largest absolute Gasteiger partial charge is 0.258 e. The molecule has 0 saturated carbocycles. The summed E-state index contributed by atoms with van der Waals surface area (Å²) >= 11 is 5.24. The summed E-state index contributed by atoms with van der Waals surface area (Å²) in [6.07, 6.45) is 0. The van der Waals surface area contributed by atoms with Crippen LogP contribution < -0.4 is 0 Å². The lowest BCUT2D eigenvalue weighted by Gasteiger charge is -2.01. The maximum absolute atomic E-state index is 4.75. The van der Waals surface area contributed by atoms with Crippen molar-refractivity contribution in [2.24, 2.45) is 0 Å². The topological polar surface area (TPSA) is 25.8 Å². The van der Waals surface area contributed by atoms with Crippen LogP contribution in [0.4, 0.5) is 0 Å². The minimum atomic E-state index is 1.00. The Labute approximate surface area is 130 Å². The summed E-state index contributed by atoms with van der Waals surface area (Å²) in [7, 11) is 0. The summed E-state index contributed by atoms with van der Waals surface area (Å²) < 4.78 is 1.07. The smallest absolute Gasteiger partial charge is 0.124 e. The van der Waals surface area contributed by atoms with Crippen molar-refractivity contribution in [1.82, 2.24) is 9.97 Å². The van der Waals surface area contributed by atoms with Crippen molar-refractivity contribution in [3.8, 4) is 21.8 Å². The molecular formula is C16H13BrN2S. The van der Waals surface area contributed by atoms with Crippen molar-refractivity contribution in [2.75, 3.05) is 0 Å². The molecule has 0 aliphatic rings. The lowest BCUT2D eigenvalue weighted by Crippen LogP contribution is -1.88. The van der Waals surface area contributed by atoms with Gasteiger partial charge in [-0.2, -0.15) is 0 Å². The first kappa shape index (κ1) is 13.5. The summed E-state index contributed by atoms with van der Waals surface area (Å²) in [5.74, 6) is 0.